The number of hydrogen-bond donors (Lipinski definition) is 1. The summed E-state index contributed by atoms with van der Waals surface area (Å²) in [7, 11) is -1.68. The molecular weight excluding hydrogens is 303 g/mol. The van der Waals surface area contributed by atoms with Gasteiger partial charge in [-0.1, -0.05) is 23.2 Å². The Morgan fingerprint density at radius 3 is 2.71 bits per heavy atom. The van der Waals surface area contributed by atoms with Crippen molar-refractivity contribution in [1.29, 1.82) is 0 Å². The molecule has 17 heavy (non-hydrogen) atoms. The van der Waals surface area contributed by atoms with Crippen molar-refractivity contribution in [3.05, 3.63) is 14.7 Å². The predicted octanol–water partition coefficient (Wildman–Crippen LogP) is 2.04. The van der Waals surface area contributed by atoms with E-state index in [0.29, 0.717) is 17.4 Å². The molecule has 1 saturated heterocycles. The Balaban J connectivity index is 2.28. The monoisotopic (exact) mass is 314 g/mol. The van der Waals surface area contributed by atoms with Crippen LogP contribution in [0.2, 0.25) is 8.67 Å². The molecule has 4 nitrogen and oxygen atoms in total. The van der Waals surface area contributed by atoms with Gasteiger partial charge in [0.1, 0.15) is 9.23 Å². The Morgan fingerprint density at radius 1 is 1.53 bits per heavy atom. The molecule has 1 aliphatic rings. The van der Waals surface area contributed by atoms with Crippen LogP contribution in [0.1, 0.15) is 6.42 Å². The van der Waals surface area contributed by atoms with Gasteiger partial charge in [0.25, 0.3) is 0 Å². The fourth-order valence-corrected chi connectivity index (χ4v) is 5.44. The molecule has 0 saturated carbocycles. The van der Waals surface area contributed by atoms with Gasteiger partial charge in [-0.05, 0) is 19.5 Å². The van der Waals surface area contributed by atoms with Crippen molar-refractivity contribution in [2.75, 3.05) is 20.1 Å². The Kier molecular flexibility index (Phi) is 4.02. The second kappa shape index (κ2) is 5.03. The smallest absolute Gasteiger partial charge is 0.245 e. The minimum Gasteiger partial charge on any atom is -0.316 e. The Labute approximate surface area is 115 Å². The van der Waals surface area contributed by atoms with Crippen molar-refractivity contribution >= 4 is 44.6 Å². The van der Waals surface area contributed by atoms with E-state index in [1.54, 1.807) is 0 Å². The van der Waals surface area contributed by atoms with Crippen molar-refractivity contribution in [1.82, 2.24) is 9.62 Å². The topological polar surface area (TPSA) is 49.4 Å². The molecule has 2 rings (SSSR count). The fraction of sp³-hybridized carbons (Fsp3) is 0.556. The van der Waals surface area contributed by atoms with Gasteiger partial charge in [0.2, 0.25) is 10.0 Å². The van der Waals surface area contributed by atoms with Gasteiger partial charge in [-0.25, -0.2) is 8.42 Å². The summed E-state index contributed by atoms with van der Waals surface area (Å²) in [6.45, 7) is 0.986. The van der Waals surface area contributed by atoms with Gasteiger partial charge in [0.15, 0.2) is 0 Å². The van der Waals surface area contributed by atoms with E-state index in [1.807, 2.05) is 7.05 Å². The largest absolute Gasteiger partial charge is 0.316 e. The number of hydrogen-bond acceptors (Lipinski definition) is 4. The number of rotatable bonds is 3. The van der Waals surface area contributed by atoms with Crippen LogP contribution in [0.4, 0.5) is 0 Å². The highest BCUT2D eigenvalue weighted by atomic mass is 35.5. The molecule has 0 aliphatic carbocycles. The van der Waals surface area contributed by atoms with E-state index in [0.717, 1.165) is 17.8 Å². The Morgan fingerprint density at radius 2 is 2.24 bits per heavy atom. The van der Waals surface area contributed by atoms with Crippen LogP contribution in [-0.2, 0) is 10.0 Å². The average molecular weight is 315 g/mol. The molecular formula is C9H12Cl2N2O2S2. The number of nitrogens with zero attached hydrogens (tertiary/aromatic N) is 1. The van der Waals surface area contributed by atoms with Crippen molar-refractivity contribution in [2.24, 2.45) is 0 Å². The first kappa shape index (κ1) is 13.6. The highest BCUT2D eigenvalue weighted by molar-refractivity contribution is 7.89. The zero-order chi connectivity index (χ0) is 12.6. The van der Waals surface area contributed by atoms with E-state index in [-0.39, 0.29) is 15.3 Å². The van der Waals surface area contributed by atoms with Crippen LogP contribution in [-0.4, -0.2) is 38.9 Å². The molecule has 0 amide bonds. The van der Waals surface area contributed by atoms with Gasteiger partial charge in [-0.3, -0.25) is 0 Å². The lowest BCUT2D eigenvalue weighted by Crippen LogP contribution is -2.33. The van der Waals surface area contributed by atoms with E-state index in [4.69, 9.17) is 23.2 Å². The molecule has 1 aromatic rings. The van der Waals surface area contributed by atoms with Crippen LogP contribution in [0.15, 0.2) is 11.0 Å². The maximum atomic E-state index is 12.3. The van der Waals surface area contributed by atoms with E-state index in [9.17, 15) is 8.42 Å². The number of likely N-dealkylation sites (N-methyl/N-ethyl adjacent to an activating group) is 1. The zero-order valence-corrected chi connectivity index (χ0v) is 12.3. The predicted molar refractivity (Wildman–Crippen MR) is 70.6 cm³/mol. The summed E-state index contributed by atoms with van der Waals surface area (Å²) >= 11 is 12.7. The summed E-state index contributed by atoms with van der Waals surface area (Å²) < 4.78 is 26.6. The number of sulfonamides is 1. The van der Waals surface area contributed by atoms with Crippen LogP contribution in [0, 0.1) is 0 Å². The van der Waals surface area contributed by atoms with Crippen LogP contribution >= 0.6 is 34.5 Å². The van der Waals surface area contributed by atoms with Gasteiger partial charge in [0, 0.05) is 19.1 Å². The van der Waals surface area contributed by atoms with Crippen molar-refractivity contribution in [3.8, 4) is 0 Å². The second-order valence-electron chi connectivity index (χ2n) is 3.83. The normalized spacial score (nSPS) is 22.2. The molecule has 1 atom stereocenters. The third kappa shape index (κ3) is 2.62. The second-order valence-corrected chi connectivity index (χ2v) is 8.02. The minimum absolute atomic E-state index is 0.117. The van der Waals surface area contributed by atoms with Crippen LogP contribution < -0.4 is 5.32 Å². The van der Waals surface area contributed by atoms with Crippen molar-refractivity contribution in [3.63, 3.8) is 0 Å². The first-order valence-corrected chi connectivity index (χ1v) is 8.08. The Bertz CT molecular complexity index is 515. The summed E-state index contributed by atoms with van der Waals surface area (Å²) in [5, 5.41) is 3.07. The maximum Gasteiger partial charge on any atom is 0.245 e. The van der Waals surface area contributed by atoms with Gasteiger partial charge >= 0.3 is 0 Å². The summed E-state index contributed by atoms with van der Waals surface area (Å²) in [5.41, 5.74) is 0. The van der Waals surface area contributed by atoms with Gasteiger partial charge in [-0.2, -0.15) is 4.31 Å². The summed E-state index contributed by atoms with van der Waals surface area (Å²) in [6, 6.07) is 1.62. The minimum atomic E-state index is -3.50. The molecule has 1 aromatic heterocycles. The highest BCUT2D eigenvalue weighted by Gasteiger charge is 2.34. The molecule has 2 heterocycles. The molecule has 1 fully saturated rings. The third-order valence-electron chi connectivity index (χ3n) is 2.80. The van der Waals surface area contributed by atoms with Crippen LogP contribution in [0.25, 0.3) is 0 Å². The first-order valence-electron chi connectivity index (χ1n) is 5.07. The third-order valence-corrected chi connectivity index (χ3v) is 6.42. The summed E-state index contributed by atoms with van der Waals surface area (Å²) in [4.78, 5) is 0.117. The van der Waals surface area contributed by atoms with E-state index in [1.165, 1.54) is 10.4 Å². The highest BCUT2D eigenvalue weighted by Crippen LogP contribution is 2.36. The van der Waals surface area contributed by atoms with E-state index in [2.05, 4.69) is 5.32 Å². The van der Waals surface area contributed by atoms with Crippen molar-refractivity contribution < 1.29 is 8.42 Å². The number of halogens is 2. The lowest BCUT2D eigenvalue weighted by molar-refractivity contribution is 0.465. The number of nitrogens with one attached hydrogen (secondary N) is 1. The molecule has 0 bridgehead atoms. The Hall–Kier alpha value is 0.150. The molecule has 96 valence electrons. The lowest BCUT2D eigenvalue weighted by Gasteiger charge is -2.15. The van der Waals surface area contributed by atoms with Crippen molar-refractivity contribution in [2.45, 2.75) is 17.4 Å². The van der Waals surface area contributed by atoms with E-state index >= 15 is 0 Å². The van der Waals surface area contributed by atoms with Crippen LogP contribution in [0.5, 0.6) is 0 Å². The van der Waals surface area contributed by atoms with Gasteiger partial charge in [-0.15, -0.1) is 11.3 Å². The zero-order valence-electron chi connectivity index (χ0n) is 9.11. The fourth-order valence-electron chi connectivity index (χ4n) is 1.82. The quantitative estimate of drug-likeness (QED) is 0.928. The molecule has 1 unspecified atom stereocenters. The lowest BCUT2D eigenvalue weighted by atomic mass is 10.3. The standard InChI is InChI=1S/C9H12Cl2N2O2S2/c1-12-6-2-3-13(5-6)17(14,15)7-4-8(10)16-9(7)11/h4,6,12H,2-3,5H2,1H3. The van der Waals surface area contributed by atoms with Gasteiger partial charge < -0.3 is 5.32 Å². The van der Waals surface area contributed by atoms with E-state index < -0.39 is 10.0 Å². The van der Waals surface area contributed by atoms with Crippen LogP contribution in [0.3, 0.4) is 0 Å². The number of thiophene rings is 1. The molecule has 0 spiro atoms. The molecule has 0 aromatic carbocycles. The average Bonchev–Trinajstić information content (AvgIpc) is 2.85. The molecule has 1 N–H and O–H groups in total. The van der Waals surface area contributed by atoms with Gasteiger partial charge in [0.05, 0.1) is 4.34 Å². The molecule has 1 aliphatic heterocycles. The summed E-state index contributed by atoms with van der Waals surface area (Å²) in [5.74, 6) is 0. The first-order chi connectivity index (χ1) is 7.95. The molecule has 0 radical (unpaired) electrons. The summed E-state index contributed by atoms with van der Waals surface area (Å²) in [6.07, 6.45) is 0.811. The SMILES string of the molecule is CNC1CCN(S(=O)(=O)c2cc(Cl)sc2Cl)C1. The molecule has 8 heteroatoms. The maximum absolute atomic E-state index is 12.3.